The summed E-state index contributed by atoms with van der Waals surface area (Å²) < 4.78 is 10.6. The van der Waals surface area contributed by atoms with Gasteiger partial charge in [-0.1, -0.05) is 0 Å². The minimum absolute atomic E-state index is 0.0896. The standard InChI is InChI=1S/C11H14O4/c1-14-7-2-3-9-10(13)4-8(6-12)15-11(9)5-7/h2-3,5,8,10,12-13H,4,6H2,1H3/t8?,10-/m1/s1. The first kappa shape index (κ1) is 10.3. The lowest BCUT2D eigenvalue weighted by Gasteiger charge is -2.28. The number of rotatable bonds is 2. The molecular formula is C11H14O4. The van der Waals surface area contributed by atoms with Crippen LogP contribution < -0.4 is 9.47 Å². The second-order valence-corrected chi connectivity index (χ2v) is 3.58. The van der Waals surface area contributed by atoms with Crippen molar-refractivity contribution in [2.75, 3.05) is 13.7 Å². The Morgan fingerprint density at radius 2 is 2.33 bits per heavy atom. The normalized spacial score (nSPS) is 24.2. The van der Waals surface area contributed by atoms with E-state index in [2.05, 4.69) is 0 Å². The summed E-state index contributed by atoms with van der Waals surface area (Å²) in [6, 6.07) is 5.29. The third-order valence-corrected chi connectivity index (χ3v) is 2.56. The molecule has 1 aliphatic rings. The second kappa shape index (κ2) is 4.08. The molecule has 0 spiro atoms. The molecule has 0 aromatic heterocycles. The smallest absolute Gasteiger partial charge is 0.129 e. The number of aliphatic hydroxyl groups is 2. The summed E-state index contributed by atoms with van der Waals surface area (Å²) in [6.45, 7) is -0.0896. The van der Waals surface area contributed by atoms with Gasteiger partial charge in [0.2, 0.25) is 0 Å². The summed E-state index contributed by atoms with van der Waals surface area (Å²) in [7, 11) is 1.57. The summed E-state index contributed by atoms with van der Waals surface area (Å²) >= 11 is 0. The third-order valence-electron chi connectivity index (χ3n) is 2.56. The third kappa shape index (κ3) is 1.91. The average Bonchev–Trinajstić information content (AvgIpc) is 2.28. The van der Waals surface area contributed by atoms with E-state index in [0.29, 0.717) is 17.9 Å². The molecule has 0 amide bonds. The molecule has 1 unspecified atom stereocenters. The van der Waals surface area contributed by atoms with Crippen molar-refractivity contribution < 1.29 is 19.7 Å². The molecule has 1 aromatic rings. The van der Waals surface area contributed by atoms with Crippen LogP contribution in [-0.4, -0.2) is 30.0 Å². The van der Waals surface area contributed by atoms with Crippen molar-refractivity contribution in [3.05, 3.63) is 23.8 Å². The van der Waals surface area contributed by atoms with E-state index in [1.54, 1.807) is 25.3 Å². The predicted octanol–water partition coefficient (Wildman–Crippen LogP) is 0.872. The number of benzene rings is 1. The van der Waals surface area contributed by atoms with Crippen molar-refractivity contribution in [1.82, 2.24) is 0 Å². The van der Waals surface area contributed by atoms with Crippen LogP contribution in [0.15, 0.2) is 18.2 Å². The van der Waals surface area contributed by atoms with Gasteiger partial charge in [-0.15, -0.1) is 0 Å². The summed E-state index contributed by atoms with van der Waals surface area (Å²) in [6.07, 6.45) is -0.480. The van der Waals surface area contributed by atoms with Gasteiger partial charge in [-0.3, -0.25) is 0 Å². The van der Waals surface area contributed by atoms with Crippen molar-refractivity contribution in [2.45, 2.75) is 18.6 Å². The highest BCUT2D eigenvalue weighted by Gasteiger charge is 2.26. The topological polar surface area (TPSA) is 58.9 Å². The van der Waals surface area contributed by atoms with E-state index in [9.17, 15) is 5.11 Å². The molecule has 2 rings (SSSR count). The van der Waals surface area contributed by atoms with Crippen molar-refractivity contribution in [3.8, 4) is 11.5 Å². The zero-order valence-electron chi connectivity index (χ0n) is 8.51. The number of hydrogen-bond acceptors (Lipinski definition) is 4. The Balaban J connectivity index is 2.33. The fraction of sp³-hybridized carbons (Fsp3) is 0.455. The van der Waals surface area contributed by atoms with Gasteiger partial charge >= 0.3 is 0 Å². The lowest BCUT2D eigenvalue weighted by molar-refractivity contribution is 0.0331. The maximum absolute atomic E-state index is 9.79. The monoisotopic (exact) mass is 210 g/mol. The highest BCUT2D eigenvalue weighted by atomic mass is 16.5. The minimum Gasteiger partial charge on any atom is -0.497 e. The molecule has 2 atom stereocenters. The Morgan fingerprint density at radius 3 is 3.00 bits per heavy atom. The molecule has 0 bridgehead atoms. The summed E-state index contributed by atoms with van der Waals surface area (Å²) in [4.78, 5) is 0. The van der Waals surface area contributed by atoms with E-state index >= 15 is 0 Å². The quantitative estimate of drug-likeness (QED) is 0.760. The number of methoxy groups -OCH3 is 1. The van der Waals surface area contributed by atoms with Gasteiger partial charge in [0.05, 0.1) is 19.8 Å². The van der Waals surface area contributed by atoms with Crippen LogP contribution in [0.1, 0.15) is 18.1 Å². The SMILES string of the molecule is COc1ccc2c(c1)OC(CO)C[C@H]2O. The molecule has 4 nitrogen and oxygen atoms in total. The molecule has 0 radical (unpaired) electrons. The van der Waals surface area contributed by atoms with E-state index in [1.165, 1.54) is 0 Å². The molecule has 0 saturated heterocycles. The summed E-state index contributed by atoms with van der Waals surface area (Å²) in [5.41, 5.74) is 0.750. The van der Waals surface area contributed by atoms with Crippen LogP contribution in [0.3, 0.4) is 0 Å². The molecule has 2 N–H and O–H groups in total. The van der Waals surface area contributed by atoms with Crippen molar-refractivity contribution in [3.63, 3.8) is 0 Å². The van der Waals surface area contributed by atoms with Gasteiger partial charge in [-0.25, -0.2) is 0 Å². The first-order chi connectivity index (χ1) is 7.24. The van der Waals surface area contributed by atoms with Crippen molar-refractivity contribution >= 4 is 0 Å². The van der Waals surface area contributed by atoms with Crippen LogP contribution in [0.25, 0.3) is 0 Å². The van der Waals surface area contributed by atoms with Gasteiger partial charge in [0, 0.05) is 18.1 Å². The molecule has 0 fully saturated rings. The number of ether oxygens (including phenoxy) is 2. The van der Waals surface area contributed by atoms with Gasteiger partial charge < -0.3 is 19.7 Å². The molecule has 0 aliphatic carbocycles. The zero-order chi connectivity index (χ0) is 10.8. The largest absolute Gasteiger partial charge is 0.497 e. The van der Waals surface area contributed by atoms with E-state index in [-0.39, 0.29) is 12.7 Å². The van der Waals surface area contributed by atoms with Gasteiger partial charge in [0.15, 0.2) is 0 Å². The van der Waals surface area contributed by atoms with Crippen LogP contribution in [0.2, 0.25) is 0 Å². The molecule has 1 heterocycles. The lowest BCUT2D eigenvalue weighted by atomic mass is 9.99. The van der Waals surface area contributed by atoms with Crippen LogP contribution >= 0.6 is 0 Å². The van der Waals surface area contributed by atoms with Gasteiger partial charge in [-0.2, -0.15) is 0 Å². The van der Waals surface area contributed by atoms with Crippen LogP contribution in [0, 0.1) is 0 Å². The number of aliphatic hydroxyl groups excluding tert-OH is 2. The van der Waals surface area contributed by atoms with Crippen molar-refractivity contribution in [1.29, 1.82) is 0 Å². The summed E-state index contributed by atoms with van der Waals surface area (Å²) in [5, 5.41) is 18.8. The van der Waals surface area contributed by atoms with Crippen LogP contribution in [0.5, 0.6) is 11.5 Å². The van der Waals surface area contributed by atoms with E-state index in [0.717, 1.165) is 5.56 Å². The zero-order valence-corrected chi connectivity index (χ0v) is 8.51. The Hall–Kier alpha value is -1.26. The highest BCUT2D eigenvalue weighted by molar-refractivity contribution is 5.43. The summed E-state index contributed by atoms with van der Waals surface area (Å²) in [5.74, 6) is 1.27. The molecule has 1 aromatic carbocycles. The average molecular weight is 210 g/mol. The molecule has 0 saturated carbocycles. The predicted molar refractivity (Wildman–Crippen MR) is 54.1 cm³/mol. The fourth-order valence-electron chi connectivity index (χ4n) is 1.73. The maximum Gasteiger partial charge on any atom is 0.129 e. The van der Waals surface area contributed by atoms with E-state index in [4.69, 9.17) is 14.6 Å². The van der Waals surface area contributed by atoms with Gasteiger partial charge in [0.25, 0.3) is 0 Å². The molecule has 15 heavy (non-hydrogen) atoms. The fourth-order valence-corrected chi connectivity index (χ4v) is 1.73. The Morgan fingerprint density at radius 1 is 1.53 bits per heavy atom. The lowest BCUT2D eigenvalue weighted by Crippen LogP contribution is -2.28. The van der Waals surface area contributed by atoms with Gasteiger partial charge in [-0.05, 0) is 12.1 Å². The van der Waals surface area contributed by atoms with Gasteiger partial charge in [0.1, 0.15) is 17.6 Å². The molecule has 82 valence electrons. The molecule has 1 aliphatic heterocycles. The number of fused-ring (bicyclic) bond motifs is 1. The minimum atomic E-state index is -0.572. The Bertz CT molecular complexity index is 350. The Kier molecular flexibility index (Phi) is 2.79. The Labute approximate surface area is 88.1 Å². The first-order valence-electron chi connectivity index (χ1n) is 4.88. The van der Waals surface area contributed by atoms with Crippen molar-refractivity contribution in [2.24, 2.45) is 0 Å². The first-order valence-corrected chi connectivity index (χ1v) is 4.88. The highest BCUT2D eigenvalue weighted by Crippen LogP contribution is 2.36. The number of hydrogen-bond donors (Lipinski definition) is 2. The molecular weight excluding hydrogens is 196 g/mol. The van der Waals surface area contributed by atoms with E-state index < -0.39 is 6.10 Å². The molecule has 4 heteroatoms. The van der Waals surface area contributed by atoms with Crippen LogP contribution in [0.4, 0.5) is 0 Å². The maximum atomic E-state index is 9.79. The van der Waals surface area contributed by atoms with Crippen LogP contribution in [-0.2, 0) is 0 Å². The van der Waals surface area contributed by atoms with E-state index in [1.807, 2.05) is 0 Å². The second-order valence-electron chi connectivity index (χ2n) is 3.58.